The van der Waals surface area contributed by atoms with Crippen LogP contribution in [0.25, 0.3) is 0 Å². The van der Waals surface area contributed by atoms with Gasteiger partial charge in [0, 0.05) is 0 Å². The average Bonchev–Trinajstić information content (AvgIpc) is 2.31. The first-order chi connectivity index (χ1) is 6.74. The highest BCUT2D eigenvalue weighted by atomic mass is 16.1. The lowest BCUT2D eigenvalue weighted by atomic mass is 10.4. The van der Waals surface area contributed by atoms with Gasteiger partial charge < -0.3 is 4.79 Å². The molecule has 0 bridgehead atoms. The van der Waals surface area contributed by atoms with Crippen molar-refractivity contribution in [2.24, 2.45) is 0 Å². The Bertz CT molecular complexity index is 29.2. The van der Waals surface area contributed by atoms with Crippen molar-refractivity contribution in [1.29, 1.82) is 0 Å². The van der Waals surface area contributed by atoms with Gasteiger partial charge in [0.2, 0.25) is 0 Å². The van der Waals surface area contributed by atoms with E-state index in [9.17, 15) is 0 Å². The number of unbranched alkanes of at least 4 members (excludes halogenated alkanes) is 3. The molecule has 0 radical (unpaired) electrons. The minimum Gasteiger partial charge on any atom is -0.307 e. The molecule has 106 valence electrons. The summed E-state index contributed by atoms with van der Waals surface area (Å²) >= 11 is 0. The molecule has 0 aliphatic carbocycles. The Morgan fingerprint density at radius 3 is 0.562 bits per heavy atom. The van der Waals surface area contributed by atoms with Crippen LogP contribution in [-0.4, -0.2) is 6.79 Å². The average molecular weight is 236 g/mol. The summed E-state index contributed by atoms with van der Waals surface area (Å²) in [4.78, 5) is 8.00. The fraction of sp³-hybridized carbons (Fsp3) is 0.933. The predicted molar refractivity (Wildman–Crippen MR) is 82.3 cm³/mol. The van der Waals surface area contributed by atoms with E-state index in [-0.39, 0.29) is 14.9 Å². The molecule has 0 aromatic heterocycles. The number of rotatable bonds is 3. The highest BCUT2D eigenvalue weighted by Crippen LogP contribution is 1.77. The fourth-order valence-corrected chi connectivity index (χ4v) is 0. The summed E-state index contributed by atoms with van der Waals surface area (Å²) in [6.07, 6.45) is 7.92. The zero-order chi connectivity index (χ0) is 12.2. The molecule has 1 nitrogen and oxygen atoms in total. The van der Waals surface area contributed by atoms with E-state index in [0.29, 0.717) is 0 Å². The molecule has 0 aliphatic rings. The van der Waals surface area contributed by atoms with Crippen molar-refractivity contribution in [2.45, 2.75) is 94.9 Å². The maximum Gasteiger partial charge on any atom is 0.106 e. The first-order valence-electron chi connectivity index (χ1n) is 6.03. The molecule has 0 atom stereocenters. The normalized spacial score (nSPS) is 5.88. The third-order valence-corrected chi connectivity index (χ3v) is 1.50. The van der Waals surface area contributed by atoms with Gasteiger partial charge >= 0.3 is 0 Å². The van der Waals surface area contributed by atoms with Crippen molar-refractivity contribution in [3.05, 3.63) is 0 Å². The van der Waals surface area contributed by atoms with E-state index < -0.39 is 0 Å². The second-order valence-electron chi connectivity index (χ2n) is 3.00. The molecule has 0 unspecified atom stereocenters. The Labute approximate surface area is 107 Å². The van der Waals surface area contributed by atoms with Crippen LogP contribution in [0.3, 0.4) is 0 Å². The van der Waals surface area contributed by atoms with Crippen LogP contribution in [0.4, 0.5) is 0 Å². The molecule has 0 saturated carbocycles. The topological polar surface area (TPSA) is 17.1 Å². The summed E-state index contributed by atoms with van der Waals surface area (Å²) in [5, 5.41) is 0. The summed E-state index contributed by atoms with van der Waals surface area (Å²) in [5.41, 5.74) is 0. The highest BCUT2D eigenvalue weighted by Gasteiger charge is 1.57. The molecule has 0 fully saturated rings. The third-order valence-electron chi connectivity index (χ3n) is 1.50. The smallest absolute Gasteiger partial charge is 0.106 e. The Morgan fingerprint density at radius 1 is 0.500 bits per heavy atom. The lowest BCUT2D eigenvalue weighted by Crippen LogP contribution is -1.47. The molecule has 0 aromatic carbocycles. The molecule has 0 heterocycles. The first-order valence-corrected chi connectivity index (χ1v) is 6.03. The van der Waals surface area contributed by atoms with Crippen LogP contribution < -0.4 is 0 Å². The van der Waals surface area contributed by atoms with Gasteiger partial charge in [0.1, 0.15) is 6.79 Å². The molecule has 0 N–H and O–H groups in total. The predicted octanol–water partition coefficient (Wildman–Crippen LogP) is 6.51. The van der Waals surface area contributed by atoms with E-state index in [1.165, 1.54) is 38.5 Å². The van der Waals surface area contributed by atoms with Crippen LogP contribution in [0.1, 0.15) is 94.9 Å². The SMILES string of the molecule is C.C.C=O.CCCC.CCCC.CCCC. The van der Waals surface area contributed by atoms with E-state index >= 15 is 0 Å². The third kappa shape index (κ3) is 308. The minimum atomic E-state index is 0. The Hall–Kier alpha value is -0.330. The maximum atomic E-state index is 8.00. The van der Waals surface area contributed by atoms with Gasteiger partial charge in [0.05, 0.1) is 0 Å². The molecular formula is C15H40O. The van der Waals surface area contributed by atoms with Crippen molar-refractivity contribution in [3.8, 4) is 0 Å². The van der Waals surface area contributed by atoms with Gasteiger partial charge in [-0.25, -0.2) is 0 Å². The van der Waals surface area contributed by atoms with Crippen LogP contribution in [0.2, 0.25) is 0 Å². The van der Waals surface area contributed by atoms with E-state index in [1.54, 1.807) is 0 Å². The van der Waals surface area contributed by atoms with Crippen LogP contribution in [0, 0.1) is 0 Å². The van der Waals surface area contributed by atoms with Crippen molar-refractivity contribution < 1.29 is 4.79 Å². The second kappa shape index (κ2) is 85.3. The van der Waals surface area contributed by atoms with E-state index in [4.69, 9.17) is 4.79 Å². The molecule has 0 amide bonds. The summed E-state index contributed by atoms with van der Waals surface area (Å²) in [7, 11) is 0. The standard InChI is InChI=1S/3C4H10.CH2O.2CH4/c3*1-3-4-2;1-2;;/h3*3-4H2,1-2H3;1H2;2*1H4. The molecular weight excluding hydrogens is 196 g/mol. The largest absolute Gasteiger partial charge is 0.307 e. The van der Waals surface area contributed by atoms with Crippen molar-refractivity contribution in [3.63, 3.8) is 0 Å². The van der Waals surface area contributed by atoms with Crippen LogP contribution in [0.5, 0.6) is 0 Å². The molecule has 0 rings (SSSR count). The molecule has 0 aromatic rings. The lowest BCUT2D eigenvalue weighted by molar-refractivity contribution is -0.0979. The summed E-state index contributed by atoms with van der Waals surface area (Å²) in [5.74, 6) is 0. The van der Waals surface area contributed by atoms with Gasteiger partial charge in [-0.3, -0.25) is 0 Å². The second-order valence-corrected chi connectivity index (χ2v) is 3.00. The van der Waals surface area contributed by atoms with Crippen molar-refractivity contribution in [2.75, 3.05) is 0 Å². The number of hydrogen-bond acceptors (Lipinski definition) is 1. The quantitative estimate of drug-likeness (QED) is 0.546. The summed E-state index contributed by atoms with van der Waals surface area (Å²) in [6.45, 7) is 15.1. The lowest BCUT2D eigenvalue weighted by Gasteiger charge is -1.68. The first kappa shape index (κ1) is 36.1. The molecule has 0 saturated heterocycles. The molecule has 0 aliphatic heterocycles. The Kier molecular flexibility index (Phi) is 192. The highest BCUT2D eigenvalue weighted by molar-refractivity contribution is 5.10. The van der Waals surface area contributed by atoms with Gasteiger partial charge in [-0.2, -0.15) is 0 Å². The van der Waals surface area contributed by atoms with E-state index in [1.807, 2.05) is 6.79 Å². The molecule has 1 heteroatoms. The van der Waals surface area contributed by atoms with Gasteiger partial charge in [0.25, 0.3) is 0 Å². The zero-order valence-corrected chi connectivity index (χ0v) is 11.4. The zero-order valence-electron chi connectivity index (χ0n) is 11.4. The van der Waals surface area contributed by atoms with E-state index in [0.717, 1.165) is 0 Å². The number of carbonyl (C=O) groups excluding carboxylic acids is 1. The van der Waals surface area contributed by atoms with Gasteiger partial charge in [-0.15, -0.1) is 0 Å². The van der Waals surface area contributed by atoms with Gasteiger partial charge in [-0.1, -0.05) is 94.9 Å². The monoisotopic (exact) mass is 236 g/mol. The maximum absolute atomic E-state index is 8.00. The van der Waals surface area contributed by atoms with Crippen LogP contribution in [-0.2, 0) is 4.79 Å². The number of hydrogen-bond donors (Lipinski definition) is 0. The fourth-order valence-electron chi connectivity index (χ4n) is 0. The van der Waals surface area contributed by atoms with Crippen LogP contribution in [0.15, 0.2) is 0 Å². The van der Waals surface area contributed by atoms with Gasteiger partial charge in [0.15, 0.2) is 0 Å². The number of carbonyl (C=O) groups is 1. The molecule has 16 heavy (non-hydrogen) atoms. The summed E-state index contributed by atoms with van der Waals surface area (Å²) in [6, 6.07) is 0. The van der Waals surface area contributed by atoms with E-state index in [2.05, 4.69) is 41.5 Å². The Balaban J connectivity index is -0.0000000205. The van der Waals surface area contributed by atoms with Crippen LogP contribution >= 0.6 is 0 Å². The summed E-state index contributed by atoms with van der Waals surface area (Å²) < 4.78 is 0. The van der Waals surface area contributed by atoms with Gasteiger partial charge in [-0.05, 0) is 0 Å². The molecule has 0 spiro atoms. The Morgan fingerprint density at radius 2 is 0.562 bits per heavy atom. The van der Waals surface area contributed by atoms with Crippen molar-refractivity contribution in [1.82, 2.24) is 0 Å². The van der Waals surface area contributed by atoms with Crippen molar-refractivity contribution >= 4 is 6.79 Å². The minimum absolute atomic E-state index is 0.